The second-order valence-electron chi connectivity index (χ2n) is 4.81. The van der Waals surface area contributed by atoms with Crippen molar-refractivity contribution in [2.45, 2.75) is 33.6 Å². The Morgan fingerprint density at radius 2 is 2.05 bits per heavy atom. The van der Waals surface area contributed by atoms with Gasteiger partial charge in [-0.3, -0.25) is 4.79 Å². The van der Waals surface area contributed by atoms with Crippen molar-refractivity contribution in [3.8, 4) is 0 Å². The van der Waals surface area contributed by atoms with Gasteiger partial charge in [0.05, 0.1) is 4.47 Å². The van der Waals surface area contributed by atoms with Gasteiger partial charge in [0, 0.05) is 5.69 Å². The highest BCUT2D eigenvalue weighted by Crippen LogP contribution is 2.31. The quantitative estimate of drug-likeness (QED) is 0.326. The molecule has 0 bridgehead atoms. The van der Waals surface area contributed by atoms with E-state index in [2.05, 4.69) is 26.4 Å². The Labute approximate surface area is 131 Å². The SMILES string of the molecule is CCC(CC)(C(=O)Nc1cc(Br)c(F)cc1C)/C(N)=N/O. The third kappa shape index (κ3) is 3.34. The largest absolute Gasteiger partial charge is 0.409 e. The Morgan fingerprint density at radius 3 is 2.52 bits per heavy atom. The minimum Gasteiger partial charge on any atom is -0.409 e. The maximum Gasteiger partial charge on any atom is 0.238 e. The van der Waals surface area contributed by atoms with Gasteiger partial charge in [-0.1, -0.05) is 19.0 Å². The molecule has 5 nitrogen and oxygen atoms in total. The molecule has 0 atom stereocenters. The second-order valence-corrected chi connectivity index (χ2v) is 5.66. The van der Waals surface area contributed by atoms with Crippen molar-refractivity contribution in [2.75, 3.05) is 5.32 Å². The molecular formula is C14H19BrFN3O2. The normalized spacial score (nSPS) is 12.3. The number of oxime groups is 1. The van der Waals surface area contributed by atoms with Crippen molar-refractivity contribution in [2.24, 2.45) is 16.3 Å². The van der Waals surface area contributed by atoms with Gasteiger partial charge in [-0.15, -0.1) is 0 Å². The van der Waals surface area contributed by atoms with E-state index in [1.165, 1.54) is 12.1 Å². The number of anilines is 1. The minimum atomic E-state index is -1.10. The first-order valence-corrected chi connectivity index (χ1v) is 7.36. The molecule has 7 heteroatoms. The van der Waals surface area contributed by atoms with E-state index in [4.69, 9.17) is 10.9 Å². The number of amides is 1. The van der Waals surface area contributed by atoms with Gasteiger partial charge >= 0.3 is 0 Å². The molecule has 0 fully saturated rings. The van der Waals surface area contributed by atoms with E-state index < -0.39 is 11.2 Å². The lowest BCUT2D eigenvalue weighted by Crippen LogP contribution is -2.46. The van der Waals surface area contributed by atoms with Crippen LogP contribution in [0.15, 0.2) is 21.8 Å². The first-order chi connectivity index (χ1) is 9.82. The molecule has 1 rings (SSSR count). The summed E-state index contributed by atoms with van der Waals surface area (Å²) in [5.74, 6) is -0.924. The molecular weight excluding hydrogens is 341 g/mol. The van der Waals surface area contributed by atoms with Gasteiger partial charge in [-0.05, 0) is 53.4 Å². The van der Waals surface area contributed by atoms with Crippen molar-refractivity contribution < 1.29 is 14.4 Å². The molecule has 0 saturated heterocycles. The van der Waals surface area contributed by atoms with Gasteiger partial charge in [0.15, 0.2) is 5.84 Å². The number of halogens is 2. The Kier molecular flexibility index (Phi) is 5.71. The van der Waals surface area contributed by atoms with Crippen LogP contribution < -0.4 is 11.1 Å². The summed E-state index contributed by atoms with van der Waals surface area (Å²) in [5, 5.41) is 14.6. The zero-order valence-corrected chi connectivity index (χ0v) is 13.8. The highest BCUT2D eigenvalue weighted by Gasteiger charge is 2.40. The van der Waals surface area contributed by atoms with Crippen molar-refractivity contribution in [1.82, 2.24) is 0 Å². The maximum atomic E-state index is 13.4. The van der Waals surface area contributed by atoms with E-state index in [9.17, 15) is 9.18 Å². The van der Waals surface area contributed by atoms with Gasteiger partial charge in [-0.2, -0.15) is 0 Å². The van der Waals surface area contributed by atoms with Crippen molar-refractivity contribution in [3.63, 3.8) is 0 Å². The molecule has 0 radical (unpaired) electrons. The number of amidine groups is 1. The number of hydrogen-bond donors (Lipinski definition) is 3. The van der Waals surface area contributed by atoms with Gasteiger partial charge in [0.2, 0.25) is 5.91 Å². The molecule has 0 aliphatic carbocycles. The summed E-state index contributed by atoms with van der Waals surface area (Å²) in [5.41, 5.74) is 5.66. The molecule has 4 N–H and O–H groups in total. The fourth-order valence-corrected chi connectivity index (χ4v) is 2.51. The summed E-state index contributed by atoms with van der Waals surface area (Å²) in [6, 6.07) is 2.81. The highest BCUT2D eigenvalue weighted by molar-refractivity contribution is 9.10. The molecule has 21 heavy (non-hydrogen) atoms. The fourth-order valence-electron chi connectivity index (χ4n) is 2.17. The van der Waals surface area contributed by atoms with E-state index in [0.29, 0.717) is 24.1 Å². The molecule has 1 aromatic carbocycles. The maximum absolute atomic E-state index is 13.4. The van der Waals surface area contributed by atoms with E-state index in [1.807, 2.05) is 0 Å². The van der Waals surface area contributed by atoms with Crippen LogP contribution in [0, 0.1) is 18.2 Å². The van der Waals surface area contributed by atoms with E-state index in [1.54, 1.807) is 20.8 Å². The molecule has 0 saturated carbocycles. The molecule has 0 aromatic heterocycles. The Hall–Kier alpha value is -1.63. The number of nitrogens with two attached hydrogens (primary N) is 1. The van der Waals surface area contributed by atoms with E-state index in [-0.39, 0.29) is 16.2 Å². The number of nitrogens with one attached hydrogen (secondary N) is 1. The number of nitrogens with zero attached hydrogens (tertiary/aromatic N) is 1. The number of aryl methyl sites for hydroxylation is 1. The van der Waals surface area contributed by atoms with Crippen LogP contribution in [-0.4, -0.2) is 17.0 Å². The molecule has 0 aliphatic rings. The lowest BCUT2D eigenvalue weighted by Gasteiger charge is -2.29. The van der Waals surface area contributed by atoms with Crippen LogP contribution in [0.3, 0.4) is 0 Å². The zero-order valence-electron chi connectivity index (χ0n) is 12.2. The Bertz CT molecular complexity index is 572. The smallest absolute Gasteiger partial charge is 0.238 e. The first-order valence-electron chi connectivity index (χ1n) is 6.57. The summed E-state index contributed by atoms with van der Waals surface area (Å²) in [4.78, 5) is 12.6. The van der Waals surface area contributed by atoms with Gasteiger partial charge in [0.1, 0.15) is 11.2 Å². The average Bonchev–Trinajstić information content (AvgIpc) is 2.46. The second kappa shape index (κ2) is 6.89. The Morgan fingerprint density at radius 1 is 1.48 bits per heavy atom. The minimum absolute atomic E-state index is 0.135. The predicted molar refractivity (Wildman–Crippen MR) is 83.9 cm³/mol. The fraction of sp³-hybridized carbons (Fsp3) is 0.429. The lowest BCUT2D eigenvalue weighted by molar-refractivity contribution is -0.122. The lowest BCUT2D eigenvalue weighted by atomic mass is 9.80. The predicted octanol–water partition coefficient (Wildman–Crippen LogP) is 3.39. The summed E-state index contributed by atoms with van der Waals surface area (Å²) in [6.07, 6.45) is 0.763. The van der Waals surface area contributed by atoms with E-state index in [0.717, 1.165) is 0 Å². The number of rotatable bonds is 5. The average molecular weight is 360 g/mol. The van der Waals surface area contributed by atoms with Crippen molar-refractivity contribution in [3.05, 3.63) is 28.0 Å². The summed E-state index contributed by atoms with van der Waals surface area (Å²) in [7, 11) is 0. The van der Waals surface area contributed by atoms with Crippen LogP contribution in [-0.2, 0) is 4.79 Å². The van der Waals surface area contributed by atoms with E-state index >= 15 is 0 Å². The van der Waals surface area contributed by atoms with Crippen molar-refractivity contribution in [1.29, 1.82) is 0 Å². The summed E-state index contributed by atoms with van der Waals surface area (Å²) in [6.45, 7) is 5.26. The van der Waals surface area contributed by atoms with Gasteiger partial charge in [0.25, 0.3) is 0 Å². The van der Waals surface area contributed by atoms with Gasteiger partial charge < -0.3 is 16.3 Å². The first kappa shape index (κ1) is 17.4. The third-order valence-electron chi connectivity index (χ3n) is 3.76. The van der Waals surface area contributed by atoms with Crippen LogP contribution in [0.5, 0.6) is 0 Å². The third-order valence-corrected chi connectivity index (χ3v) is 4.36. The molecule has 0 spiro atoms. The molecule has 0 heterocycles. The van der Waals surface area contributed by atoms with Crippen LogP contribution in [0.1, 0.15) is 32.3 Å². The Balaban J connectivity index is 3.17. The number of benzene rings is 1. The standard InChI is InChI=1S/C14H19BrFN3O2/c1-4-14(5-2,12(17)19-21)13(20)18-11-7-9(15)10(16)6-8(11)3/h6-7,21H,4-5H2,1-3H3,(H2,17,19)(H,18,20). The number of carbonyl (C=O) groups excluding carboxylic acids is 1. The number of hydrogen-bond acceptors (Lipinski definition) is 3. The van der Waals surface area contributed by atoms with Crippen LogP contribution in [0.25, 0.3) is 0 Å². The van der Waals surface area contributed by atoms with Crippen LogP contribution in [0.2, 0.25) is 0 Å². The summed E-state index contributed by atoms with van der Waals surface area (Å²) < 4.78 is 13.7. The molecule has 1 amide bonds. The number of carbonyl (C=O) groups is 1. The molecule has 116 valence electrons. The van der Waals surface area contributed by atoms with Crippen molar-refractivity contribution >= 4 is 33.4 Å². The topological polar surface area (TPSA) is 87.7 Å². The van der Waals surface area contributed by atoms with Crippen LogP contribution in [0.4, 0.5) is 10.1 Å². The molecule has 0 aliphatic heterocycles. The molecule has 0 unspecified atom stereocenters. The van der Waals surface area contributed by atoms with Gasteiger partial charge in [-0.25, -0.2) is 4.39 Å². The zero-order chi connectivity index (χ0) is 16.2. The summed E-state index contributed by atoms with van der Waals surface area (Å²) >= 11 is 3.08. The highest BCUT2D eigenvalue weighted by atomic mass is 79.9. The molecule has 1 aromatic rings. The monoisotopic (exact) mass is 359 g/mol. The van der Waals surface area contributed by atoms with Crippen LogP contribution >= 0.6 is 15.9 Å².